The van der Waals surface area contributed by atoms with Crippen LogP contribution in [0.3, 0.4) is 0 Å². The van der Waals surface area contributed by atoms with Crippen molar-refractivity contribution in [2.24, 2.45) is 0 Å². The molecule has 0 aliphatic carbocycles. The monoisotopic (exact) mass is 541 g/mol. The summed E-state index contributed by atoms with van der Waals surface area (Å²) in [6, 6.07) is 21.2. The largest absolute Gasteiger partial charge is 0.487 e. The predicted molar refractivity (Wildman–Crippen MR) is 127 cm³/mol. The summed E-state index contributed by atoms with van der Waals surface area (Å²) in [6.07, 6.45) is 1.76. The lowest BCUT2D eigenvalue weighted by Gasteiger charge is -2.13. The first-order chi connectivity index (χ1) is 14.5. The number of nitriles is 1. The van der Waals surface area contributed by atoms with Gasteiger partial charge >= 0.3 is 0 Å². The maximum absolute atomic E-state index is 9.78. The number of hydrogen-bond acceptors (Lipinski definition) is 3. The van der Waals surface area contributed by atoms with Gasteiger partial charge in [-0.05, 0) is 64.0 Å². The molecule has 0 radical (unpaired) electrons. The second-order valence-electron chi connectivity index (χ2n) is 6.50. The van der Waals surface area contributed by atoms with Crippen molar-refractivity contribution in [2.45, 2.75) is 6.61 Å². The van der Waals surface area contributed by atoms with Crippen molar-refractivity contribution < 1.29 is 4.74 Å². The van der Waals surface area contributed by atoms with E-state index in [4.69, 9.17) is 16.3 Å². The Labute approximate surface area is 195 Å². The zero-order valence-electron chi connectivity index (χ0n) is 15.5. The number of fused-ring (bicyclic) bond motifs is 1. The van der Waals surface area contributed by atoms with E-state index >= 15 is 0 Å². The third kappa shape index (κ3) is 4.59. The molecule has 0 saturated heterocycles. The van der Waals surface area contributed by atoms with Crippen molar-refractivity contribution in [3.8, 4) is 11.8 Å². The highest BCUT2D eigenvalue weighted by Gasteiger charge is 2.13. The zero-order valence-corrected chi connectivity index (χ0v) is 19.4. The van der Waals surface area contributed by atoms with Crippen LogP contribution < -0.4 is 4.74 Å². The summed E-state index contributed by atoms with van der Waals surface area (Å²) >= 11 is 13.1. The SMILES string of the molecule is N#C/C(=C\c1cc(Br)cc(Br)c1OCc1cccc(Cl)c1)c1nc2ccccc2[nH]1. The molecule has 0 saturated carbocycles. The highest BCUT2D eigenvalue weighted by molar-refractivity contribution is 9.11. The molecule has 0 spiro atoms. The van der Waals surface area contributed by atoms with Gasteiger partial charge in [-0.1, -0.05) is 51.8 Å². The topological polar surface area (TPSA) is 61.7 Å². The van der Waals surface area contributed by atoms with Crippen LogP contribution in [0.1, 0.15) is 17.0 Å². The van der Waals surface area contributed by atoms with Gasteiger partial charge in [0, 0.05) is 15.1 Å². The Bertz CT molecular complexity index is 1270. The number of para-hydroxylation sites is 2. The average Bonchev–Trinajstić information content (AvgIpc) is 3.15. The van der Waals surface area contributed by atoms with Gasteiger partial charge < -0.3 is 9.72 Å². The highest BCUT2D eigenvalue weighted by Crippen LogP contribution is 2.36. The van der Waals surface area contributed by atoms with Gasteiger partial charge in [-0.2, -0.15) is 5.26 Å². The second-order valence-corrected chi connectivity index (χ2v) is 8.70. The van der Waals surface area contributed by atoms with Crippen molar-refractivity contribution >= 4 is 66.1 Å². The highest BCUT2D eigenvalue weighted by atomic mass is 79.9. The molecule has 1 aromatic heterocycles. The lowest BCUT2D eigenvalue weighted by Crippen LogP contribution is -1.98. The summed E-state index contributed by atoms with van der Waals surface area (Å²) in [6.45, 7) is 0.341. The molecule has 0 bridgehead atoms. The molecular weight excluding hydrogens is 530 g/mol. The molecular formula is C23H14Br2ClN3O. The van der Waals surface area contributed by atoms with E-state index in [0.29, 0.717) is 28.8 Å². The minimum Gasteiger partial charge on any atom is -0.487 e. The third-order valence-electron chi connectivity index (χ3n) is 4.37. The van der Waals surface area contributed by atoms with Crippen LogP contribution >= 0.6 is 43.5 Å². The summed E-state index contributed by atoms with van der Waals surface area (Å²) in [5.41, 5.74) is 3.78. The van der Waals surface area contributed by atoms with Crippen LogP contribution in [-0.2, 0) is 6.61 Å². The summed E-state index contributed by atoms with van der Waals surface area (Å²) in [5, 5.41) is 10.4. The lowest BCUT2D eigenvalue weighted by atomic mass is 10.1. The van der Waals surface area contributed by atoms with Gasteiger partial charge in [0.1, 0.15) is 24.3 Å². The van der Waals surface area contributed by atoms with Gasteiger partial charge in [0.15, 0.2) is 0 Å². The van der Waals surface area contributed by atoms with Gasteiger partial charge in [-0.25, -0.2) is 4.98 Å². The molecule has 4 aromatic rings. The summed E-state index contributed by atoms with van der Waals surface area (Å²) in [4.78, 5) is 7.73. The molecule has 7 heteroatoms. The molecule has 1 heterocycles. The Balaban J connectivity index is 1.72. The van der Waals surface area contributed by atoms with E-state index in [1.165, 1.54) is 0 Å². The van der Waals surface area contributed by atoms with E-state index in [-0.39, 0.29) is 0 Å². The molecule has 0 atom stereocenters. The Morgan fingerprint density at radius 1 is 1.13 bits per heavy atom. The summed E-state index contributed by atoms with van der Waals surface area (Å²) < 4.78 is 7.72. The second kappa shape index (κ2) is 9.05. The number of benzene rings is 3. The van der Waals surface area contributed by atoms with E-state index in [9.17, 15) is 5.26 Å². The maximum atomic E-state index is 9.78. The number of imidazole rings is 1. The molecule has 4 nitrogen and oxygen atoms in total. The van der Waals surface area contributed by atoms with Gasteiger partial charge in [-0.3, -0.25) is 0 Å². The number of aromatic nitrogens is 2. The van der Waals surface area contributed by atoms with Crippen molar-refractivity contribution in [2.75, 3.05) is 0 Å². The molecule has 1 N–H and O–H groups in total. The molecule has 3 aromatic carbocycles. The number of aromatic amines is 1. The van der Waals surface area contributed by atoms with E-state index < -0.39 is 0 Å². The Hall–Kier alpha value is -2.59. The van der Waals surface area contributed by atoms with Crippen LogP contribution in [0.25, 0.3) is 22.7 Å². The predicted octanol–water partition coefficient (Wildman–Crippen LogP) is 7.38. The number of rotatable bonds is 5. The number of nitrogens with zero attached hydrogens (tertiary/aromatic N) is 2. The molecule has 0 fully saturated rings. The fourth-order valence-corrected chi connectivity index (χ4v) is 4.60. The molecule has 0 amide bonds. The van der Waals surface area contributed by atoms with Crippen LogP contribution in [0.5, 0.6) is 5.75 Å². The van der Waals surface area contributed by atoms with Crippen molar-refractivity contribution in [1.29, 1.82) is 5.26 Å². The first kappa shape index (κ1) is 20.7. The summed E-state index contributed by atoms with van der Waals surface area (Å²) in [7, 11) is 0. The average molecular weight is 544 g/mol. The molecule has 0 aliphatic rings. The molecule has 0 unspecified atom stereocenters. The number of allylic oxidation sites excluding steroid dienone is 1. The molecule has 30 heavy (non-hydrogen) atoms. The molecule has 148 valence electrons. The van der Waals surface area contributed by atoms with Crippen LogP contribution in [-0.4, -0.2) is 9.97 Å². The Morgan fingerprint density at radius 2 is 1.97 bits per heavy atom. The van der Waals surface area contributed by atoms with E-state index in [1.807, 2.05) is 60.7 Å². The number of nitrogens with one attached hydrogen (secondary N) is 1. The van der Waals surface area contributed by atoms with E-state index in [2.05, 4.69) is 47.9 Å². The van der Waals surface area contributed by atoms with Crippen LogP contribution in [0.4, 0.5) is 0 Å². The normalized spacial score (nSPS) is 11.5. The van der Waals surface area contributed by atoms with Crippen LogP contribution in [0, 0.1) is 11.3 Å². The van der Waals surface area contributed by atoms with Crippen molar-refractivity contribution in [3.63, 3.8) is 0 Å². The minimum absolute atomic E-state index is 0.341. The smallest absolute Gasteiger partial charge is 0.149 e. The van der Waals surface area contributed by atoms with Crippen LogP contribution in [0.2, 0.25) is 5.02 Å². The summed E-state index contributed by atoms with van der Waals surface area (Å²) in [5.74, 6) is 1.14. The Kier molecular flexibility index (Phi) is 6.24. The van der Waals surface area contributed by atoms with E-state index in [0.717, 1.165) is 31.1 Å². The van der Waals surface area contributed by atoms with E-state index in [1.54, 1.807) is 6.08 Å². The number of halogens is 3. The Morgan fingerprint density at radius 3 is 2.73 bits per heavy atom. The van der Waals surface area contributed by atoms with Crippen molar-refractivity contribution in [1.82, 2.24) is 9.97 Å². The molecule has 4 rings (SSSR count). The van der Waals surface area contributed by atoms with Gasteiger partial charge in [0.2, 0.25) is 0 Å². The van der Waals surface area contributed by atoms with Gasteiger partial charge in [-0.15, -0.1) is 0 Å². The zero-order chi connectivity index (χ0) is 21.1. The van der Waals surface area contributed by atoms with Gasteiger partial charge in [0.05, 0.1) is 21.1 Å². The number of hydrogen-bond donors (Lipinski definition) is 1. The number of H-pyrrole nitrogens is 1. The first-order valence-electron chi connectivity index (χ1n) is 8.96. The molecule has 0 aliphatic heterocycles. The van der Waals surface area contributed by atoms with Crippen molar-refractivity contribution in [3.05, 3.63) is 91.6 Å². The fourth-order valence-electron chi connectivity index (χ4n) is 3.01. The van der Waals surface area contributed by atoms with Gasteiger partial charge in [0.25, 0.3) is 0 Å². The third-order valence-corrected chi connectivity index (χ3v) is 5.66. The fraction of sp³-hybridized carbons (Fsp3) is 0.0435. The first-order valence-corrected chi connectivity index (χ1v) is 10.9. The lowest BCUT2D eigenvalue weighted by molar-refractivity contribution is 0.303. The minimum atomic E-state index is 0.341. The maximum Gasteiger partial charge on any atom is 0.149 e. The quantitative estimate of drug-likeness (QED) is 0.267. The van der Waals surface area contributed by atoms with Crippen LogP contribution in [0.15, 0.2) is 69.6 Å². The number of ether oxygens (including phenoxy) is 1. The standard InChI is InChI=1S/C23H14Br2ClN3O/c24-17-10-15(9-16(12-27)23-28-20-6-1-2-7-21(20)29-23)22(19(25)11-17)30-13-14-4-3-5-18(26)8-14/h1-11H,13H2,(H,28,29)/b16-9+.